The second kappa shape index (κ2) is 9.24. The highest BCUT2D eigenvalue weighted by molar-refractivity contribution is 7.30. The van der Waals surface area contributed by atoms with Crippen molar-refractivity contribution in [3.05, 3.63) is 146 Å². The summed E-state index contributed by atoms with van der Waals surface area (Å²) in [6, 6.07) is 53.8. The van der Waals surface area contributed by atoms with E-state index in [1.807, 2.05) is 22.7 Å². The second-order valence-corrected chi connectivity index (χ2v) is 13.7. The first-order valence-corrected chi connectivity index (χ1v) is 16.7. The molecule has 0 aliphatic carbocycles. The maximum Gasteiger partial charge on any atom is 0.0454 e. The standard InChI is InChI=1S/C42H24S2/c1-2-13-26(14-3-1)37-28-16-6-8-18-30(28)38(31-19-9-7-17-29(31)37)34-24-36-40(42-39(34)32-20-10-11-21-35(32)43-42)33-23-22-25-12-4-5-15-27(25)41(33)44-36/h1-24H. The van der Waals surface area contributed by atoms with Gasteiger partial charge in [0, 0.05) is 40.3 Å². The van der Waals surface area contributed by atoms with Crippen molar-refractivity contribution in [2.45, 2.75) is 0 Å². The molecule has 0 fully saturated rings. The fourth-order valence-electron chi connectivity index (χ4n) is 7.40. The number of fused-ring (bicyclic) bond motifs is 11. The summed E-state index contributed by atoms with van der Waals surface area (Å²) >= 11 is 3.88. The van der Waals surface area contributed by atoms with Crippen molar-refractivity contribution in [2.24, 2.45) is 0 Å². The van der Waals surface area contributed by atoms with Gasteiger partial charge in [0.1, 0.15) is 0 Å². The van der Waals surface area contributed by atoms with Gasteiger partial charge in [0.25, 0.3) is 0 Å². The highest BCUT2D eigenvalue weighted by Crippen LogP contribution is 2.52. The van der Waals surface area contributed by atoms with E-state index in [1.54, 1.807) is 0 Å². The van der Waals surface area contributed by atoms with Gasteiger partial charge in [0.2, 0.25) is 0 Å². The molecular weight excluding hydrogens is 569 g/mol. The van der Waals surface area contributed by atoms with E-state index in [2.05, 4.69) is 146 Å². The number of benzene rings is 8. The summed E-state index contributed by atoms with van der Waals surface area (Å²) in [5, 5.41) is 13.3. The third-order valence-corrected chi connectivity index (χ3v) is 11.6. The summed E-state index contributed by atoms with van der Waals surface area (Å²) in [5.41, 5.74) is 5.22. The maximum atomic E-state index is 2.51. The molecule has 0 aliphatic rings. The first-order valence-electron chi connectivity index (χ1n) is 15.0. The number of thiophene rings is 2. The highest BCUT2D eigenvalue weighted by atomic mass is 32.1. The monoisotopic (exact) mass is 592 g/mol. The van der Waals surface area contributed by atoms with Gasteiger partial charge in [-0.3, -0.25) is 0 Å². The predicted octanol–water partition coefficient (Wildman–Crippen LogP) is 13.2. The third-order valence-electron chi connectivity index (χ3n) is 9.24. The fourth-order valence-corrected chi connectivity index (χ4v) is 10.0. The quantitative estimate of drug-likeness (QED) is 0.175. The molecule has 0 bridgehead atoms. The SMILES string of the molecule is c1ccc(-c2c3ccccc3c(-c3cc4sc5c6ccccc6ccc5c4c4sc5ccccc5c34)c3ccccc23)cc1. The lowest BCUT2D eigenvalue weighted by atomic mass is 9.84. The van der Waals surface area contributed by atoms with Crippen molar-refractivity contribution in [1.82, 2.24) is 0 Å². The van der Waals surface area contributed by atoms with Gasteiger partial charge in [-0.25, -0.2) is 0 Å². The summed E-state index contributed by atoms with van der Waals surface area (Å²) in [6.45, 7) is 0. The number of hydrogen-bond donors (Lipinski definition) is 0. The second-order valence-electron chi connectivity index (χ2n) is 11.6. The summed E-state index contributed by atoms with van der Waals surface area (Å²) in [4.78, 5) is 0. The van der Waals surface area contributed by atoms with Gasteiger partial charge in [0.15, 0.2) is 0 Å². The molecule has 44 heavy (non-hydrogen) atoms. The molecule has 0 nitrogen and oxygen atoms in total. The largest absolute Gasteiger partial charge is 0.134 e. The van der Waals surface area contributed by atoms with Crippen LogP contribution in [0.1, 0.15) is 0 Å². The molecule has 0 saturated carbocycles. The zero-order valence-corrected chi connectivity index (χ0v) is 25.3. The van der Waals surface area contributed by atoms with E-state index in [9.17, 15) is 0 Å². The third kappa shape index (κ3) is 3.33. The van der Waals surface area contributed by atoms with Crippen molar-refractivity contribution in [3.63, 3.8) is 0 Å². The van der Waals surface area contributed by atoms with E-state index in [1.165, 1.54) is 94.9 Å². The van der Waals surface area contributed by atoms with Gasteiger partial charge < -0.3 is 0 Å². The van der Waals surface area contributed by atoms with Crippen LogP contribution >= 0.6 is 22.7 Å². The average Bonchev–Trinajstić information content (AvgIpc) is 3.66. The molecule has 10 rings (SSSR count). The highest BCUT2D eigenvalue weighted by Gasteiger charge is 2.23. The normalized spacial score (nSPS) is 12.1. The van der Waals surface area contributed by atoms with Crippen molar-refractivity contribution >= 4 is 95.3 Å². The Labute approximate surface area is 262 Å². The van der Waals surface area contributed by atoms with E-state index in [4.69, 9.17) is 0 Å². The lowest BCUT2D eigenvalue weighted by Crippen LogP contribution is -1.91. The Morgan fingerprint density at radius 3 is 1.64 bits per heavy atom. The molecule has 2 heteroatoms. The van der Waals surface area contributed by atoms with Gasteiger partial charge in [-0.15, -0.1) is 22.7 Å². The number of rotatable bonds is 2. The van der Waals surface area contributed by atoms with Gasteiger partial charge in [0.05, 0.1) is 0 Å². The molecule has 8 aromatic carbocycles. The van der Waals surface area contributed by atoms with Crippen LogP contribution in [0.3, 0.4) is 0 Å². The maximum absolute atomic E-state index is 2.51. The zero-order valence-electron chi connectivity index (χ0n) is 23.7. The minimum atomic E-state index is 1.25. The summed E-state index contributed by atoms with van der Waals surface area (Å²) in [5.74, 6) is 0. The molecule has 0 radical (unpaired) electrons. The molecule has 2 aromatic heterocycles. The van der Waals surface area contributed by atoms with E-state index in [0.29, 0.717) is 0 Å². The molecule has 2 heterocycles. The zero-order chi connectivity index (χ0) is 28.8. The molecule has 0 N–H and O–H groups in total. The molecule has 0 saturated heterocycles. The first kappa shape index (κ1) is 24.4. The van der Waals surface area contributed by atoms with Crippen molar-refractivity contribution in [1.29, 1.82) is 0 Å². The predicted molar refractivity (Wildman–Crippen MR) is 196 cm³/mol. The molecule has 204 valence electrons. The molecule has 10 aromatic rings. The van der Waals surface area contributed by atoms with Crippen molar-refractivity contribution < 1.29 is 0 Å². The topological polar surface area (TPSA) is 0 Å². The van der Waals surface area contributed by atoms with E-state index < -0.39 is 0 Å². The van der Waals surface area contributed by atoms with Gasteiger partial charge in [-0.05, 0) is 66.7 Å². The van der Waals surface area contributed by atoms with Crippen LogP contribution in [-0.4, -0.2) is 0 Å². The van der Waals surface area contributed by atoms with Crippen LogP contribution in [0, 0.1) is 0 Å². The molecule has 0 unspecified atom stereocenters. The smallest absolute Gasteiger partial charge is 0.0454 e. The van der Waals surface area contributed by atoms with E-state index >= 15 is 0 Å². The van der Waals surface area contributed by atoms with E-state index in [0.717, 1.165) is 0 Å². The Bertz CT molecular complexity index is 2700. The Kier molecular flexibility index (Phi) is 5.13. The minimum absolute atomic E-state index is 1.25. The average molecular weight is 593 g/mol. The first-order chi connectivity index (χ1) is 21.8. The summed E-state index contributed by atoms with van der Waals surface area (Å²) in [6.07, 6.45) is 0. The minimum Gasteiger partial charge on any atom is -0.134 e. The van der Waals surface area contributed by atoms with Crippen molar-refractivity contribution in [2.75, 3.05) is 0 Å². The van der Waals surface area contributed by atoms with Gasteiger partial charge >= 0.3 is 0 Å². The Morgan fingerprint density at radius 1 is 0.341 bits per heavy atom. The number of hydrogen-bond acceptors (Lipinski definition) is 2. The van der Waals surface area contributed by atoms with Crippen LogP contribution < -0.4 is 0 Å². The van der Waals surface area contributed by atoms with Crippen LogP contribution in [0.4, 0.5) is 0 Å². The summed E-state index contributed by atoms with van der Waals surface area (Å²) < 4.78 is 5.46. The molecule has 0 spiro atoms. The molecular formula is C42H24S2. The van der Waals surface area contributed by atoms with E-state index in [-0.39, 0.29) is 0 Å². The Balaban J connectivity index is 1.44. The summed E-state index contributed by atoms with van der Waals surface area (Å²) in [7, 11) is 0. The Hall–Kier alpha value is -5.02. The van der Waals surface area contributed by atoms with Crippen LogP contribution in [0.25, 0.3) is 94.9 Å². The van der Waals surface area contributed by atoms with Crippen molar-refractivity contribution in [3.8, 4) is 22.3 Å². The van der Waals surface area contributed by atoms with Crippen LogP contribution in [0.15, 0.2) is 146 Å². The Morgan fingerprint density at radius 2 is 0.909 bits per heavy atom. The fraction of sp³-hybridized carbons (Fsp3) is 0. The van der Waals surface area contributed by atoms with Crippen LogP contribution in [0.5, 0.6) is 0 Å². The lowest BCUT2D eigenvalue weighted by molar-refractivity contribution is 1.67. The molecule has 0 atom stereocenters. The molecule has 0 aliphatic heterocycles. The van der Waals surface area contributed by atoms with Crippen LogP contribution in [-0.2, 0) is 0 Å². The van der Waals surface area contributed by atoms with Gasteiger partial charge in [-0.2, -0.15) is 0 Å². The van der Waals surface area contributed by atoms with Gasteiger partial charge in [-0.1, -0.05) is 133 Å². The molecule has 0 amide bonds. The lowest BCUT2D eigenvalue weighted by Gasteiger charge is -2.18. The van der Waals surface area contributed by atoms with Crippen LogP contribution in [0.2, 0.25) is 0 Å².